The number of rotatable bonds is 4. The summed E-state index contributed by atoms with van der Waals surface area (Å²) in [6, 6.07) is 7.04. The van der Waals surface area contributed by atoms with Crippen LogP contribution in [0.5, 0.6) is 0 Å². The monoisotopic (exact) mass is 220 g/mol. The van der Waals surface area contributed by atoms with E-state index < -0.39 is 0 Å². The second-order valence-corrected chi connectivity index (χ2v) is 3.65. The van der Waals surface area contributed by atoms with E-state index in [9.17, 15) is 9.59 Å². The highest BCUT2D eigenvalue weighted by Crippen LogP contribution is 2.17. The predicted molar refractivity (Wildman–Crippen MR) is 61.5 cm³/mol. The van der Waals surface area contributed by atoms with Gasteiger partial charge in [-0.05, 0) is 26.3 Å². The van der Waals surface area contributed by atoms with Crippen LogP contribution in [0.3, 0.4) is 0 Å². The van der Waals surface area contributed by atoms with E-state index in [1.165, 1.54) is 6.92 Å². The van der Waals surface area contributed by atoms with E-state index >= 15 is 0 Å². The fraction of sp³-hybridized carbons (Fsp3) is 0.385. The summed E-state index contributed by atoms with van der Waals surface area (Å²) >= 11 is 0. The molecule has 1 atom stereocenters. The van der Waals surface area contributed by atoms with E-state index in [1.807, 2.05) is 0 Å². The van der Waals surface area contributed by atoms with Crippen LogP contribution in [0.15, 0.2) is 24.3 Å². The van der Waals surface area contributed by atoms with Gasteiger partial charge in [-0.3, -0.25) is 9.59 Å². The smallest absolute Gasteiger partial charge is 0.313 e. The lowest BCUT2D eigenvalue weighted by molar-refractivity contribution is -0.144. The highest BCUT2D eigenvalue weighted by Gasteiger charge is 2.16. The lowest BCUT2D eigenvalue weighted by Gasteiger charge is -2.10. The Morgan fingerprint density at radius 1 is 1.25 bits per heavy atom. The minimum atomic E-state index is -0.291. The summed E-state index contributed by atoms with van der Waals surface area (Å²) in [6.45, 7) is 5.47. The van der Waals surface area contributed by atoms with Gasteiger partial charge >= 0.3 is 5.97 Å². The largest absolute Gasteiger partial charge is 0.466 e. The summed E-state index contributed by atoms with van der Waals surface area (Å²) < 4.78 is 4.93. The van der Waals surface area contributed by atoms with Crippen LogP contribution >= 0.6 is 0 Å². The Hall–Kier alpha value is -1.64. The van der Waals surface area contributed by atoms with Crippen molar-refractivity contribution < 1.29 is 14.3 Å². The molecule has 0 aliphatic carbocycles. The second kappa shape index (κ2) is 5.45. The van der Waals surface area contributed by atoms with E-state index in [4.69, 9.17) is 4.74 Å². The van der Waals surface area contributed by atoms with Crippen LogP contribution < -0.4 is 0 Å². The molecular weight excluding hydrogens is 204 g/mol. The molecule has 0 heterocycles. The van der Waals surface area contributed by atoms with Crippen molar-refractivity contribution in [3.05, 3.63) is 35.4 Å². The molecule has 3 nitrogen and oxygen atoms in total. The van der Waals surface area contributed by atoms with Crippen LogP contribution in [0.4, 0.5) is 0 Å². The van der Waals surface area contributed by atoms with Crippen LogP contribution in [0, 0.1) is 0 Å². The van der Waals surface area contributed by atoms with Crippen LogP contribution in [-0.2, 0) is 9.53 Å². The molecule has 1 aromatic rings. The third kappa shape index (κ3) is 2.92. The standard InChI is InChI=1S/C13H16O3/c1-4-16-13(15)9(2)11-5-7-12(8-6-11)10(3)14/h5-9H,4H2,1-3H3. The molecule has 86 valence electrons. The van der Waals surface area contributed by atoms with Crippen molar-refractivity contribution in [1.29, 1.82) is 0 Å². The van der Waals surface area contributed by atoms with Crippen molar-refractivity contribution in [3.8, 4) is 0 Å². The molecule has 0 aromatic heterocycles. The maximum atomic E-state index is 11.5. The Balaban J connectivity index is 2.81. The maximum absolute atomic E-state index is 11.5. The molecule has 16 heavy (non-hydrogen) atoms. The third-order valence-electron chi connectivity index (χ3n) is 2.46. The van der Waals surface area contributed by atoms with E-state index in [1.54, 1.807) is 38.1 Å². The summed E-state index contributed by atoms with van der Waals surface area (Å²) in [5, 5.41) is 0. The molecule has 0 saturated heterocycles. The van der Waals surface area contributed by atoms with Gasteiger partial charge in [0, 0.05) is 5.56 Å². The first-order chi connectivity index (χ1) is 7.56. The highest BCUT2D eigenvalue weighted by atomic mass is 16.5. The summed E-state index contributed by atoms with van der Waals surface area (Å²) in [5.41, 5.74) is 1.52. The molecular formula is C13H16O3. The quantitative estimate of drug-likeness (QED) is 0.578. The van der Waals surface area contributed by atoms with Gasteiger partial charge in [0.15, 0.2) is 5.78 Å². The van der Waals surface area contributed by atoms with Crippen molar-refractivity contribution in [2.45, 2.75) is 26.7 Å². The Kier molecular flexibility index (Phi) is 4.23. The topological polar surface area (TPSA) is 43.4 Å². The third-order valence-corrected chi connectivity index (χ3v) is 2.46. The zero-order chi connectivity index (χ0) is 12.1. The summed E-state index contributed by atoms with van der Waals surface area (Å²) in [4.78, 5) is 22.5. The van der Waals surface area contributed by atoms with Gasteiger partial charge in [-0.1, -0.05) is 24.3 Å². The number of Topliss-reactive ketones (excluding diaryl/α,β-unsaturated/α-hetero) is 1. The summed E-state index contributed by atoms with van der Waals surface area (Å²) in [7, 11) is 0. The van der Waals surface area contributed by atoms with Gasteiger partial charge in [-0.25, -0.2) is 0 Å². The SMILES string of the molecule is CCOC(=O)C(C)c1ccc(C(C)=O)cc1. The van der Waals surface area contributed by atoms with Crippen LogP contribution in [-0.4, -0.2) is 18.4 Å². The van der Waals surface area contributed by atoms with Crippen LogP contribution in [0.25, 0.3) is 0 Å². The summed E-state index contributed by atoms with van der Waals surface area (Å²) in [5.74, 6) is -0.505. The molecule has 3 heteroatoms. The molecule has 1 rings (SSSR count). The first-order valence-electron chi connectivity index (χ1n) is 5.33. The lowest BCUT2D eigenvalue weighted by Crippen LogP contribution is -2.13. The van der Waals surface area contributed by atoms with Gasteiger partial charge < -0.3 is 4.74 Å². The number of carbonyl (C=O) groups is 2. The number of esters is 1. The van der Waals surface area contributed by atoms with Crippen molar-refractivity contribution in [1.82, 2.24) is 0 Å². The first kappa shape index (κ1) is 12.4. The van der Waals surface area contributed by atoms with E-state index in [-0.39, 0.29) is 17.7 Å². The molecule has 1 aromatic carbocycles. The van der Waals surface area contributed by atoms with Gasteiger partial charge in [0.1, 0.15) is 0 Å². The van der Waals surface area contributed by atoms with Gasteiger partial charge in [0.05, 0.1) is 12.5 Å². The lowest BCUT2D eigenvalue weighted by atomic mass is 9.99. The average molecular weight is 220 g/mol. The molecule has 0 saturated carbocycles. The molecule has 0 aliphatic heterocycles. The second-order valence-electron chi connectivity index (χ2n) is 3.65. The van der Waals surface area contributed by atoms with Crippen molar-refractivity contribution in [2.75, 3.05) is 6.61 Å². The summed E-state index contributed by atoms with van der Waals surface area (Å²) in [6.07, 6.45) is 0. The van der Waals surface area contributed by atoms with E-state index in [2.05, 4.69) is 0 Å². The Morgan fingerprint density at radius 3 is 2.25 bits per heavy atom. The maximum Gasteiger partial charge on any atom is 0.313 e. The van der Waals surface area contributed by atoms with Gasteiger partial charge in [0.2, 0.25) is 0 Å². The number of ether oxygens (including phenoxy) is 1. The van der Waals surface area contributed by atoms with Crippen molar-refractivity contribution in [3.63, 3.8) is 0 Å². The normalized spacial score (nSPS) is 11.9. The Labute approximate surface area is 95.4 Å². The molecule has 0 fully saturated rings. The number of carbonyl (C=O) groups excluding carboxylic acids is 2. The van der Waals surface area contributed by atoms with Gasteiger partial charge in [-0.2, -0.15) is 0 Å². The minimum absolute atomic E-state index is 0.0235. The zero-order valence-electron chi connectivity index (χ0n) is 9.82. The number of benzene rings is 1. The van der Waals surface area contributed by atoms with Gasteiger partial charge in [-0.15, -0.1) is 0 Å². The molecule has 0 spiro atoms. The fourth-order valence-corrected chi connectivity index (χ4v) is 1.41. The van der Waals surface area contributed by atoms with Crippen LogP contribution in [0.2, 0.25) is 0 Å². The first-order valence-corrected chi connectivity index (χ1v) is 5.33. The van der Waals surface area contributed by atoms with Crippen LogP contribution in [0.1, 0.15) is 42.6 Å². The molecule has 0 aliphatic rings. The minimum Gasteiger partial charge on any atom is -0.466 e. The molecule has 0 amide bonds. The van der Waals surface area contributed by atoms with Gasteiger partial charge in [0.25, 0.3) is 0 Å². The number of ketones is 1. The molecule has 0 N–H and O–H groups in total. The number of hydrogen-bond acceptors (Lipinski definition) is 3. The highest BCUT2D eigenvalue weighted by molar-refractivity contribution is 5.94. The zero-order valence-corrected chi connectivity index (χ0v) is 9.82. The van der Waals surface area contributed by atoms with E-state index in [0.29, 0.717) is 12.2 Å². The molecule has 0 radical (unpaired) electrons. The average Bonchev–Trinajstić information content (AvgIpc) is 2.28. The predicted octanol–water partition coefficient (Wildman–Crippen LogP) is 2.56. The van der Waals surface area contributed by atoms with Crippen molar-refractivity contribution >= 4 is 11.8 Å². The Bertz CT molecular complexity index is 379. The fourth-order valence-electron chi connectivity index (χ4n) is 1.41. The number of hydrogen-bond donors (Lipinski definition) is 0. The Morgan fingerprint density at radius 2 is 1.81 bits per heavy atom. The molecule has 0 bridgehead atoms. The van der Waals surface area contributed by atoms with Crippen molar-refractivity contribution in [2.24, 2.45) is 0 Å². The van der Waals surface area contributed by atoms with E-state index in [0.717, 1.165) is 5.56 Å². The molecule has 1 unspecified atom stereocenters.